The molecule has 0 radical (unpaired) electrons. The van der Waals surface area contributed by atoms with E-state index < -0.39 is 0 Å². The second-order valence-corrected chi connectivity index (χ2v) is 6.39. The number of aryl methyl sites for hydroxylation is 3. The van der Waals surface area contributed by atoms with Crippen molar-refractivity contribution in [1.82, 2.24) is 30.3 Å². The second kappa shape index (κ2) is 7.16. The van der Waals surface area contributed by atoms with Crippen LogP contribution in [0.4, 0.5) is 5.95 Å². The summed E-state index contributed by atoms with van der Waals surface area (Å²) in [4.78, 5) is 19.1. The minimum absolute atomic E-state index is 0.0326. The van der Waals surface area contributed by atoms with E-state index in [4.69, 9.17) is 4.98 Å². The number of nitrogens with zero attached hydrogens (tertiary/aromatic N) is 6. The molecule has 134 valence electrons. The fourth-order valence-electron chi connectivity index (χ4n) is 3.45. The van der Waals surface area contributed by atoms with E-state index in [2.05, 4.69) is 39.4 Å². The van der Waals surface area contributed by atoms with Gasteiger partial charge in [-0.25, -0.2) is 4.98 Å². The monoisotopic (exact) mass is 343 g/mol. The maximum Gasteiger partial charge on any atom is 0.245 e. The second-order valence-electron chi connectivity index (χ2n) is 6.39. The van der Waals surface area contributed by atoms with E-state index in [1.165, 1.54) is 0 Å². The highest BCUT2D eigenvalue weighted by Crippen LogP contribution is 2.34. The zero-order valence-electron chi connectivity index (χ0n) is 15.2. The molecule has 1 amide bonds. The first-order valence-electron chi connectivity index (χ1n) is 8.74. The molecule has 0 saturated carbocycles. The molecule has 8 nitrogen and oxygen atoms in total. The van der Waals surface area contributed by atoms with Gasteiger partial charge in [0.2, 0.25) is 11.9 Å². The summed E-state index contributed by atoms with van der Waals surface area (Å²) in [5.74, 6) is 0.543. The van der Waals surface area contributed by atoms with Crippen LogP contribution in [-0.2, 0) is 24.7 Å². The van der Waals surface area contributed by atoms with Crippen molar-refractivity contribution < 1.29 is 4.79 Å². The third-order valence-corrected chi connectivity index (χ3v) is 4.84. The zero-order chi connectivity index (χ0) is 18.0. The van der Waals surface area contributed by atoms with Gasteiger partial charge in [0.25, 0.3) is 0 Å². The number of carbonyl (C=O) groups is 1. The van der Waals surface area contributed by atoms with Crippen LogP contribution in [-0.4, -0.2) is 51.0 Å². The van der Waals surface area contributed by atoms with Gasteiger partial charge in [-0.15, -0.1) is 5.10 Å². The quantitative estimate of drug-likeness (QED) is 0.859. The van der Waals surface area contributed by atoms with Crippen LogP contribution in [0.3, 0.4) is 0 Å². The van der Waals surface area contributed by atoms with E-state index in [-0.39, 0.29) is 17.7 Å². The molecule has 2 atom stereocenters. The molecule has 3 rings (SSSR count). The van der Waals surface area contributed by atoms with Crippen molar-refractivity contribution >= 4 is 11.9 Å². The van der Waals surface area contributed by atoms with Crippen molar-refractivity contribution in [3.05, 3.63) is 29.3 Å². The average molecular weight is 343 g/mol. The van der Waals surface area contributed by atoms with E-state index in [0.717, 1.165) is 29.8 Å². The average Bonchev–Trinajstić information content (AvgIpc) is 3.26. The lowest BCUT2D eigenvalue weighted by atomic mass is 9.90. The van der Waals surface area contributed by atoms with Crippen LogP contribution in [0.25, 0.3) is 0 Å². The lowest BCUT2D eigenvalue weighted by molar-refractivity contribution is -0.124. The summed E-state index contributed by atoms with van der Waals surface area (Å²) in [5, 5.41) is 15.7. The highest BCUT2D eigenvalue weighted by molar-refractivity contribution is 5.81. The predicted octanol–water partition coefficient (Wildman–Crippen LogP) is 0.696. The van der Waals surface area contributed by atoms with E-state index in [9.17, 15) is 4.79 Å². The molecule has 1 aliphatic rings. The Morgan fingerprint density at radius 2 is 2.00 bits per heavy atom. The van der Waals surface area contributed by atoms with Crippen LogP contribution in [0.1, 0.15) is 36.7 Å². The Labute approximate surface area is 147 Å². The third kappa shape index (κ3) is 3.33. The summed E-state index contributed by atoms with van der Waals surface area (Å²) in [7, 11) is 3.56. The lowest BCUT2D eigenvalue weighted by Gasteiger charge is -2.16. The Hall–Kier alpha value is -2.51. The minimum atomic E-state index is -0.159. The standard InChI is InChI=1S/C17H25N7O/c1-5-14-15(6-2)21-22-17(20-14)24-9-12(11-7-19-23(4)8-11)13(10-24)16(25)18-3/h7-8,12-13H,5-6,9-10H2,1-4H3,(H,18,25)/t12-,13+/m1/s1. The molecule has 0 spiro atoms. The van der Waals surface area contributed by atoms with Gasteiger partial charge in [0.05, 0.1) is 23.5 Å². The number of hydrogen-bond donors (Lipinski definition) is 1. The molecule has 0 aliphatic carbocycles. The van der Waals surface area contributed by atoms with Crippen molar-refractivity contribution in [2.45, 2.75) is 32.6 Å². The number of amides is 1. The fourth-order valence-corrected chi connectivity index (χ4v) is 3.45. The van der Waals surface area contributed by atoms with Crippen LogP contribution >= 0.6 is 0 Å². The number of nitrogens with one attached hydrogen (secondary N) is 1. The summed E-state index contributed by atoms with van der Waals surface area (Å²) in [5.41, 5.74) is 2.98. The SMILES string of the molecule is CCc1nnc(N2C[C@H](C(=O)NC)[C@@H](c3cnn(C)c3)C2)nc1CC. The third-order valence-electron chi connectivity index (χ3n) is 4.84. The first-order valence-corrected chi connectivity index (χ1v) is 8.74. The molecular formula is C17H25N7O. The summed E-state index contributed by atoms with van der Waals surface area (Å²) >= 11 is 0. The van der Waals surface area contributed by atoms with Gasteiger partial charge in [0, 0.05) is 39.3 Å². The van der Waals surface area contributed by atoms with Crippen molar-refractivity contribution in [3.8, 4) is 0 Å². The van der Waals surface area contributed by atoms with E-state index in [1.54, 1.807) is 11.7 Å². The van der Waals surface area contributed by atoms with Crippen LogP contribution in [0, 0.1) is 5.92 Å². The van der Waals surface area contributed by atoms with Gasteiger partial charge in [0.1, 0.15) is 0 Å². The predicted molar refractivity (Wildman–Crippen MR) is 94.3 cm³/mol. The van der Waals surface area contributed by atoms with E-state index in [1.807, 2.05) is 19.4 Å². The molecule has 2 aromatic rings. The molecule has 0 bridgehead atoms. The molecule has 3 heterocycles. The Balaban J connectivity index is 1.90. The van der Waals surface area contributed by atoms with Crippen molar-refractivity contribution in [2.24, 2.45) is 13.0 Å². The molecule has 1 aliphatic heterocycles. The Kier molecular flexibility index (Phi) is 4.96. The van der Waals surface area contributed by atoms with Gasteiger partial charge in [-0.2, -0.15) is 10.2 Å². The highest BCUT2D eigenvalue weighted by atomic mass is 16.1. The molecule has 0 aromatic carbocycles. The largest absolute Gasteiger partial charge is 0.359 e. The zero-order valence-corrected chi connectivity index (χ0v) is 15.2. The summed E-state index contributed by atoms with van der Waals surface area (Å²) in [6.07, 6.45) is 5.45. The molecule has 1 fully saturated rings. The Bertz CT molecular complexity index is 757. The van der Waals surface area contributed by atoms with Crippen molar-refractivity contribution in [3.63, 3.8) is 0 Å². The number of hydrogen-bond acceptors (Lipinski definition) is 6. The smallest absolute Gasteiger partial charge is 0.245 e. The van der Waals surface area contributed by atoms with Crippen molar-refractivity contribution in [1.29, 1.82) is 0 Å². The Morgan fingerprint density at radius 1 is 1.24 bits per heavy atom. The molecule has 25 heavy (non-hydrogen) atoms. The highest BCUT2D eigenvalue weighted by Gasteiger charge is 2.40. The van der Waals surface area contributed by atoms with Gasteiger partial charge in [-0.1, -0.05) is 13.8 Å². The number of anilines is 1. The van der Waals surface area contributed by atoms with Crippen LogP contribution in [0.2, 0.25) is 0 Å². The maximum absolute atomic E-state index is 12.4. The minimum Gasteiger partial charge on any atom is -0.359 e. The van der Waals surface area contributed by atoms with E-state index in [0.29, 0.717) is 19.0 Å². The van der Waals surface area contributed by atoms with Gasteiger partial charge < -0.3 is 10.2 Å². The van der Waals surface area contributed by atoms with Crippen LogP contribution < -0.4 is 10.2 Å². The number of aromatic nitrogens is 5. The van der Waals surface area contributed by atoms with Crippen LogP contribution in [0.5, 0.6) is 0 Å². The van der Waals surface area contributed by atoms with Gasteiger partial charge >= 0.3 is 0 Å². The van der Waals surface area contributed by atoms with Crippen molar-refractivity contribution in [2.75, 3.05) is 25.0 Å². The molecular weight excluding hydrogens is 318 g/mol. The molecule has 1 saturated heterocycles. The maximum atomic E-state index is 12.4. The van der Waals surface area contributed by atoms with Gasteiger partial charge in [0.15, 0.2) is 0 Å². The van der Waals surface area contributed by atoms with E-state index >= 15 is 0 Å². The number of rotatable bonds is 5. The number of carbonyl (C=O) groups excluding carboxylic acids is 1. The normalized spacial score (nSPS) is 20.1. The molecule has 1 N–H and O–H groups in total. The first-order chi connectivity index (χ1) is 12.1. The summed E-state index contributed by atoms with van der Waals surface area (Å²) in [6.45, 7) is 5.39. The summed E-state index contributed by atoms with van der Waals surface area (Å²) < 4.78 is 1.77. The molecule has 8 heteroatoms. The van der Waals surface area contributed by atoms with Gasteiger partial charge in [-0.3, -0.25) is 9.48 Å². The molecule has 0 unspecified atom stereocenters. The first kappa shape index (κ1) is 17.3. The Morgan fingerprint density at radius 3 is 2.60 bits per heavy atom. The van der Waals surface area contributed by atoms with Gasteiger partial charge in [-0.05, 0) is 18.4 Å². The topological polar surface area (TPSA) is 88.8 Å². The van der Waals surface area contributed by atoms with Crippen LogP contribution in [0.15, 0.2) is 12.4 Å². The molecule has 2 aromatic heterocycles. The fraction of sp³-hybridized carbons (Fsp3) is 0.588. The summed E-state index contributed by atoms with van der Waals surface area (Å²) in [6, 6.07) is 0. The lowest BCUT2D eigenvalue weighted by Crippen LogP contribution is -2.32.